The van der Waals surface area contributed by atoms with Gasteiger partial charge in [-0.2, -0.15) is 0 Å². The third-order valence-corrected chi connectivity index (χ3v) is 6.49. The molecule has 1 amide bonds. The molecule has 0 radical (unpaired) electrons. The summed E-state index contributed by atoms with van der Waals surface area (Å²) in [5.41, 5.74) is 1.89. The molecule has 2 aromatic rings. The lowest BCUT2D eigenvalue weighted by Crippen LogP contribution is -2.55. The SMILES string of the molecule is CO[C@H]1CC[C@H](N(C)C(=O)Cc2cccc3occc23)[C@@H](N2CCCC2)C1. The number of amides is 1. The molecule has 2 heterocycles. The van der Waals surface area contributed by atoms with E-state index in [0.717, 1.165) is 48.9 Å². The number of fused-ring (bicyclic) bond motifs is 1. The molecular weight excluding hydrogens is 340 g/mol. The van der Waals surface area contributed by atoms with Crippen molar-refractivity contribution in [3.8, 4) is 0 Å². The molecule has 1 saturated carbocycles. The van der Waals surface area contributed by atoms with E-state index >= 15 is 0 Å². The largest absolute Gasteiger partial charge is 0.464 e. The monoisotopic (exact) mass is 370 g/mol. The van der Waals surface area contributed by atoms with Crippen LogP contribution in [0.2, 0.25) is 0 Å². The van der Waals surface area contributed by atoms with E-state index < -0.39 is 0 Å². The molecule has 4 rings (SSSR count). The van der Waals surface area contributed by atoms with Crippen LogP contribution in [0.1, 0.15) is 37.7 Å². The number of hydrogen-bond donors (Lipinski definition) is 0. The number of rotatable bonds is 5. The van der Waals surface area contributed by atoms with Crippen molar-refractivity contribution >= 4 is 16.9 Å². The average molecular weight is 370 g/mol. The lowest BCUT2D eigenvalue weighted by Gasteiger charge is -2.44. The number of carbonyl (C=O) groups is 1. The van der Waals surface area contributed by atoms with Gasteiger partial charge in [0.25, 0.3) is 0 Å². The first-order valence-corrected chi connectivity index (χ1v) is 10.1. The summed E-state index contributed by atoms with van der Waals surface area (Å²) in [5, 5.41) is 1.04. The van der Waals surface area contributed by atoms with Gasteiger partial charge in [0, 0.05) is 31.6 Å². The minimum Gasteiger partial charge on any atom is -0.464 e. The Labute approximate surface area is 161 Å². The molecule has 0 spiro atoms. The van der Waals surface area contributed by atoms with Gasteiger partial charge in [0.05, 0.1) is 18.8 Å². The molecule has 2 aliphatic rings. The van der Waals surface area contributed by atoms with Crippen LogP contribution in [0, 0.1) is 0 Å². The fourth-order valence-corrected chi connectivity index (χ4v) is 4.91. The van der Waals surface area contributed by atoms with Crippen molar-refractivity contribution in [1.29, 1.82) is 0 Å². The number of hydrogen-bond acceptors (Lipinski definition) is 4. The summed E-state index contributed by atoms with van der Waals surface area (Å²) in [6.45, 7) is 2.29. The van der Waals surface area contributed by atoms with Crippen LogP contribution >= 0.6 is 0 Å². The Hall–Kier alpha value is -1.85. The van der Waals surface area contributed by atoms with Crippen LogP contribution in [0.5, 0.6) is 0 Å². The van der Waals surface area contributed by atoms with Gasteiger partial charge < -0.3 is 14.1 Å². The second-order valence-electron chi connectivity index (χ2n) is 7.98. The molecule has 1 aliphatic carbocycles. The summed E-state index contributed by atoms with van der Waals surface area (Å²) in [5.74, 6) is 0.189. The number of methoxy groups -OCH3 is 1. The smallest absolute Gasteiger partial charge is 0.227 e. The summed E-state index contributed by atoms with van der Waals surface area (Å²) in [4.78, 5) is 17.7. The van der Waals surface area contributed by atoms with Crippen molar-refractivity contribution in [3.63, 3.8) is 0 Å². The van der Waals surface area contributed by atoms with E-state index in [2.05, 4.69) is 4.90 Å². The number of carbonyl (C=O) groups excluding carboxylic acids is 1. The van der Waals surface area contributed by atoms with Crippen molar-refractivity contribution in [2.24, 2.45) is 0 Å². The third kappa shape index (κ3) is 3.76. The normalized spacial score (nSPS) is 26.5. The molecule has 5 heteroatoms. The molecule has 3 atom stereocenters. The summed E-state index contributed by atoms with van der Waals surface area (Å²) < 4.78 is 11.1. The molecule has 2 fully saturated rings. The predicted molar refractivity (Wildman–Crippen MR) is 106 cm³/mol. The number of furan rings is 1. The number of likely N-dealkylation sites (N-methyl/N-ethyl adjacent to an activating group) is 1. The Kier molecular flexibility index (Phi) is 5.50. The van der Waals surface area contributed by atoms with E-state index in [-0.39, 0.29) is 11.9 Å². The van der Waals surface area contributed by atoms with Crippen LogP contribution in [-0.2, 0) is 16.0 Å². The van der Waals surface area contributed by atoms with Gasteiger partial charge in [0.15, 0.2) is 0 Å². The molecule has 0 N–H and O–H groups in total. The summed E-state index contributed by atoms with van der Waals surface area (Å²) >= 11 is 0. The first-order valence-electron chi connectivity index (χ1n) is 10.1. The highest BCUT2D eigenvalue weighted by Gasteiger charge is 2.38. The zero-order valence-electron chi connectivity index (χ0n) is 16.4. The lowest BCUT2D eigenvalue weighted by molar-refractivity contribution is -0.134. The Balaban J connectivity index is 1.50. The van der Waals surface area contributed by atoms with Gasteiger partial charge >= 0.3 is 0 Å². The topological polar surface area (TPSA) is 45.9 Å². The van der Waals surface area contributed by atoms with Crippen molar-refractivity contribution in [2.75, 3.05) is 27.2 Å². The highest BCUT2D eigenvalue weighted by molar-refractivity contribution is 5.87. The quantitative estimate of drug-likeness (QED) is 0.809. The van der Waals surface area contributed by atoms with Crippen molar-refractivity contribution in [1.82, 2.24) is 9.80 Å². The number of nitrogens with zero attached hydrogens (tertiary/aromatic N) is 2. The van der Waals surface area contributed by atoms with Crippen LogP contribution < -0.4 is 0 Å². The minimum absolute atomic E-state index is 0.189. The molecule has 1 saturated heterocycles. The fourth-order valence-electron chi connectivity index (χ4n) is 4.91. The number of benzene rings is 1. The predicted octanol–water partition coefficient (Wildman–Crippen LogP) is 3.47. The van der Waals surface area contributed by atoms with Gasteiger partial charge in [-0.15, -0.1) is 0 Å². The number of likely N-dealkylation sites (tertiary alicyclic amines) is 1. The first-order chi connectivity index (χ1) is 13.2. The van der Waals surface area contributed by atoms with Crippen LogP contribution in [0.3, 0.4) is 0 Å². The molecule has 1 aromatic carbocycles. The first kappa shape index (κ1) is 18.5. The zero-order chi connectivity index (χ0) is 18.8. The third-order valence-electron chi connectivity index (χ3n) is 6.49. The molecule has 1 aliphatic heterocycles. The van der Waals surface area contributed by atoms with Crippen LogP contribution in [-0.4, -0.2) is 61.1 Å². The second kappa shape index (κ2) is 8.03. The Bertz CT molecular complexity index is 781. The summed E-state index contributed by atoms with van der Waals surface area (Å²) in [7, 11) is 3.80. The van der Waals surface area contributed by atoms with Gasteiger partial charge in [0.1, 0.15) is 5.58 Å². The Morgan fingerprint density at radius 2 is 2.07 bits per heavy atom. The van der Waals surface area contributed by atoms with Crippen molar-refractivity contribution in [2.45, 2.75) is 56.7 Å². The molecular formula is C22H30N2O3. The van der Waals surface area contributed by atoms with E-state index in [4.69, 9.17) is 9.15 Å². The fraction of sp³-hybridized carbons (Fsp3) is 0.591. The summed E-state index contributed by atoms with van der Waals surface area (Å²) in [6, 6.07) is 8.57. The van der Waals surface area contributed by atoms with E-state index in [0.29, 0.717) is 18.6 Å². The lowest BCUT2D eigenvalue weighted by atomic mass is 9.86. The number of ether oxygens (including phenoxy) is 1. The van der Waals surface area contributed by atoms with Gasteiger partial charge in [-0.3, -0.25) is 9.69 Å². The van der Waals surface area contributed by atoms with Gasteiger partial charge in [0.2, 0.25) is 5.91 Å². The van der Waals surface area contributed by atoms with Gasteiger partial charge in [-0.05, 0) is 62.9 Å². The Morgan fingerprint density at radius 3 is 2.85 bits per heavy atom. The van der Waals surface area contributed by atoms with E-state index in [1.54, 1.807) is 6.26 Å². The highest BCUT2D eigenvalue weighted by Crippen LogP contribution is 2.31. The van der Waals surface area contributed by atoms with Crippen molar-refractivity contribution in [3.05, 3.63) is 36.1 Å². The minimum atomic E-state index is 0.189. The molecule has 146 valence electrons. The van der Waals surface area contributed by atoms with E-state index in [1.807, 2.05) is 43.3 Å². The molecule has 0 unspecified atom stereocenters. The molecule has 1 aromatic heterocycles. The van der Waals surface area contributed by atoms with Gasteiger partial charge in [-0.25, -0.2) is 0 Å². The average Bonchev–Trinajstić information content (AvgIpc) is 3.39. The maximum Gasteiger partial charge on any atom is 0.227 e. The van der Waals surface area contributed by atoms with Crippen LogP contribution in [0.4, 0.5) is 0 Å². The summed E-state index contributed by atoms with van der Waals surface area (Å²) in [6.07, 6.45) is 8.02. The van der Waals surface area contributed by atoms with Crippen LogP contribution in [0.15, 0.2) is 34.9 Å². The van der Waals surface area contributed by atoms with Crippen LogP contribution in [0.25, 0.3) is 11.0 Å². The van der Waals surface area contributed by atoms with E-state index in [1.165, 1.54) is 12.8 Å². The maximum absolute atomic E-state index is 13.1. The zero-order valence-corrected chi connectivity index (χ0v) is 16.4. The Morgan fingerprint density at radius 1 is 1.26 bits per heavy atom. The molecule has 0 bridgehead atoms. The standard InChI is InChI=1S/C22H30N2O3/c1-23(22(25)14-16-6-5-7-21-18(16)10-13-27-21)19-9-8-17(26-2)15-20(19)24-11-3-4-12-24/h5-7,10,13,17,19-20H,3-4,8-9,11-12,14-15H2,1-2H3/t17-,19-,20-/m0/s1. The highest BCUT2D eigenvalue weighted by atomic mass is 16.5. The molecule has 5 nitrogen and oxygen atoms in total. The second-order valence-corrected chi connectivity index (χ2v) is 7.98. The van der Waals surface area contributed by atoms with E-state index in [9.17, 15) is 4.79 Å². The maximum atomic E-state index is 13.1. The van der Waals surface area contributed by atoms with Gasteiger partial charge in [-0.1, -0.05) is 12.1 Å². The molecule has 27 heavy (non-hydrogen) atoms. The van der Waals surface area contributed by atoms with Crippen molar-refractivity contribution < 1.29 is 13.9 Å².